The van der Waals surface area contributed by atoms with Crippen molar-refractivity contribution in [1.82, 2.24) is 0 Å². The predicted octanol–water partition coefficient (Wildman–Crippen LogP) is 2.34. The molecule has 1 aromatic carbocycles. The molecule has 0 spiro atoms. The molecule has 0 unspecified atom stereocenters. The molecule has 0 radical (unpaired) electrons. The number of halogens is 1. The van der Waals surface area contributed by atoms with Gasteiger partial charge in [-0.2, -0.15) is 5.26 Å². The van der Waals surface area contributed by atoms with Crippen molar-refractivity contribution in [3.05, 3.63) is 41.0 Å². The molecular formula is C12H11BrN2O. The third-order valence-electron chi connectivity index (χ3n) is 2.04. The Morgan fingerprint density at radius 3 is 2.88 bits per heavy atom. The maximum atomic E-state index is 10.6. The largest absolute Gasteiger partial charge is 0.369 e. The van der Waals surface area contributed by atoms with Crippen molar-refractivity contribution in [2.24, 2.45) is 5.73 Å². The molecule has 0 aliphatic rings. The fourth-order valence-electron chi connectivity index (χ4n) is 1.24. The van der Waals surface area contributed by atoms with Crippen LogP contribution in [0.1, 0.15) is 23.1 Å². The van der Waals surface area contributed by atoms with Gasteiger partial charge in [0.05, 0.1) is 11.6 Å². The summed E-state index contributed by atoms with van der Waals surface area (Å²) in [5.41, 5.74) is 7.63. The Kier molecular flexibility index (Phi) is 4.74. The van der Waals surface area contributed by atoms with E-state index in [1.807, 2.05) is 12.1 Å². The first-order valence-electron chi connectivity index (χ1n) is 4.71. The number of alkyl halides is 1. The average Bonchev–Trinajstić information content (AvgIpc) is 2.28. The number of benzene rings is 1. The summed E-state index contributed by atoms with van der Waals surface area (Å²) in [6, 6.07) is 7.51. The number of nitrogens with zero attached hydrogens (tertiary/aromatic N) is 1. The minimum Gasteiger partial charge on any atom is -0.369 e. The highest BCUT2D eigenvalue weighted by Gasteiger charge is 2.00. The lowest BCUT2D eigenvalue weighted by molar-refractivity contribution is -0.117. The number of carbonyl (C=O) groups excluding carboxylic acids is 1. The highest BCUT2D eigenvalue weighted by atomic mass is 79.9. The molecule has 0 atom stereocenters. The summed E-state index contributed by atoms with van der Waals surface area (Å²) in [5.74, 6) is -0.368. The van der Waals surface area contributed by atoms with Crippen LogP contribution in [0.25, 0.3) is 6.08 Å². The van der Waals surface area contributed by atoms with E-state index in [9.17, 15) is 4.79 Å². The van der Waals surface area contributed by atoms with Gasteiger partial charge in [-0.05, 0) is 23.3 Å². The Bertz CT molecular complexity index is 461. The lowest BCUT2D eigenvalue weighted by atomic mass is 10.0. The predicted molar refractivity (Wildman–Crippen MR) is 66.6 cm³/mol. The van der Waals surface area contributed by atoms with E-state index >= 15 is 0 Å². The number of hydrogen-bond acceptors (Lipinski definition) is 2. The first-order chi connectivity index (χ1) is 7.67. The van der Waals surface area contributed by atoms with Gasteiger partial charge in [0.25, 0.3) is 0 Å². The molecular weight excluding hydrogens is 268 g/mol. The van der Waals surface area contributed by atoms with Crippen molar-refractivity contribution >= 4 is 27.9 Å². The number of carbonyl (C=O) groups is 1. The normalized spacial score (nSPS) is 10.2. The topological polar surface area (TPSA) is 66.9 Å². The number of amides is 1. The van der Waals surface area contributed by atoms with E-state index in [-0.39, 0.29) is 12.3 Å². The zero-order valence-electron chi connectivity index (χ0n) is 8.61. The van der Waals surface area contributed by atoms with Crippen LogP contribution in [0.5, 0.6) is 0 Å². The zero-order valence-corrected chi connectivity index (χ0v) is 10.2. The highest BCUT2D eigenvalue weighted by Crippen LogP contribution is 2.16. The second-order valence-corrected chi connectivity index (χ2v) is 3.79. The van der Waals surface area contributed by atoms with Crippen molar-refractivity contribution in [1.29, 1.82) is 5.26 Å². The van der Waals surface area contributed by atoms with Crippen molar-refractivity contribution in [2.75, 3.05) is 0 Å². The van der Waals surface area contributed by atoms with Crippen molar-refractivity contribution in [3.8, 4) is 6.07 Å². The van der Waals surface area contributed by atoms with Gasteiger partial charge in [0.15, 0.2) is 0 Å². The molecule has 0 saturated heterocycles. The van der Waals surface area contributed by atoms with Gasteiger partial charge in [-0.15, -0.1) is 0 Å². The first kappa shape index (κ1) is 12.5. The smallest absolute Gasteiger partial charge is 0.221 e. The van der Waals surface area contributed by atoms with Gasteiger partial charge in [0.2, 0.25) is 5.91 Å². The van der Waals surface area contributed by atoms with Crippen LogP contribution in [0, 0.1) is 11.3 Å². The molecule has 4 heteroatoms. The van der Waals surface area contributed by atoms with Crippen LogP contribution in [0.2, 0.25) is 0 Å². The summed E-state index contributed by atoms with van der Waals surface area (Å²) >= 11 is 3.37. The van der Waals surface area contributed by atoms with Gasteiger partial charge < -0.3 is 5.73 Å². The van der Waals surface area contributed by atoms with E-state index in [1.165, 1.54) is 0 Å². The molecule has 82 valence electrons. The van der Waals surface area contributed by atoms with E-state index in [0.717, 1.165) is 11.1 Å². The standard InChI is InChI=1S/C12H11BrN2O/c13-7-11-5-4-9(8-14)6-10(11)2-1-3-12(15)16/h1-2,4-6H,3,7H2,(H2,15,16). The Morgan fingerprint density at radius 1 is 1.56 bits per heavy atom. The fraction of sp³-hybridized carbons (Fsp3) is 0.167. The van der Waals surface area contributed by atoms with Gasteiger partial charge in [-0.3, -0.25) is 4.79 Å². The Labute approximate surface area is 103 Å². The molecule has 2 N–H and O–H groups in total. The third kappa shape index (κ3) is 3.52. The molecule has 1 amide bonds. The van der Waals surface area contributed by atoms with Gasteiger partial charge >= 0.3 is 0 Å². The van der Waals surface area contributed by atoms with Crippen LogP contribution < -0.4 is 5.73 Å². The van der Waals surface area contributed by atoms with E-state index in [2.05, 4.69) is 22.0 Å². The van der Waals surface area contributed by atoms with Crippen LogP contribution in [-0.4, -0.2) is 5.91 Å². The summed E-state index contributed by atoms with van der Waals surface area (Å²) in [6.45, 7) is 0. The summed E-state index contributed by atoms with van der Waals surface area (Å²) in [6.07, 6.45) is 3.71. The molecule has 16 heavy (non-hydrogen) atoms. The lowest BCUT2D eigenvalue weighted by Crippen LogP contribution is -2.07. The fourth-order valence-corrected chi connectivity index (χ4v) is 1.75. The summed E-state index contributed by atoms with van der Waals surface area (Å²) < 4.78 is 0. The number of primary amides is 1. The van der Waals surface area contributed by atoms with Crippen molar-refractivity contribution in [3.63, 3.8) is 0 Å². The molecule has 0 aliphatic carbocycles. The summed E-state index contributed by atoms with van der Waals surface area (Å²) in [4.78, 5) is 10.6. The first-order valence-corrected chi connectivity index (χ1v) is 5.83. The molecule has 1 aromatic rings. The molecule has 0 fully saturated rings. The SMILES string of the molecule is N#Cc1ccc(CBr)c(C=CCC(N)=O)c1. The molecule has 0 aliphatic heterocycles. The molecule has 1 rings (SSSR count). The second kappa shape index (κ2) is 6.09. The Balaban J connectivity index is 2.96. The zero-order chi connectivity index (χ0) is 12.0. The van der Waals surface area contributed by atoms with Crippen molar-refractivity contribution in [2.45, 2.75) is 11.8 Å². The van der Waals surface area contributed by atoms with Crippen LogP contribution in [0.3, 0.4) is 0 Å². The maximum Gasteiger partial charge on any atom is 0.221 e. The number of rotatable bonds is 4. The maximum absolute atomic E-state index is 10.6. The second-order valence-electron chi connectivity index (χ2n) is 3.23. The van der Waals surface area contributed by atoms with E-state index in [4.69, 9.17) is 11.0 Å². The minimum atomic E-state index is -0.368. The monoisotopic (exact) mass is 278 g/mol. The summed E-state index contributed by atoms with van der Waals surface area (Å²) in [7, 11) is 0. The molecule has 0 heterocycles. The van der Waals surface area contributed by atoms with E-state index < -0.39 is 0 Å². The average molecular weight is 279 g/mol. The molecule has 0 saturated carbocycles. The molecule has 0 aromatic heterocycles. The Hall–Kier alpha value is -1.60. The van der Waals surface area contributed by atoms with Gasteiger partial charge in [-0.25, -0.2) is 0 Å². The van der Waals surface area contributed by atoms with E-state index in [0.29, 0.717) is 10.9 Å². The number of hydrogen-bond donors (Lipinski definition) is 1. The third-order valence-corrected chi connectivity index (χ3v) is 2.64. The van der Waals surface area contributed by atoms with Crippen LogP contribution in [0.15, 0.2) is 24.3 Å². The Morgan fingerprint density at radius 2 is 2.31 bits per heavy atom. The highest BCUT2D eigenvalue weighted by molar-refractivity contribution is 9.08. The minimum absolute atomic E-state index is 0.207. The number of nitriles is 1. The summed E-state index contributed by atoms with van der Waals surface area (Å²) in [5, 5.41) is 9.48. The van der Waals surface area contributed by atoms with Gasteiger partial charge in [0, 0.05) is 11.8 Å². The van der Waals surface area contributed by atoms with Crippen LogP contribution in [-0.2, 0) is 10.1 Å². The van der Waals surface area contributed by atoms with Crippen molar-refractivity contribution < 1.29 is 4.79 Å². The van der Waals surface area contributed by atoms with Gasteiger partial charge in [-0.1, -0.05) is 34.1 Å². The van der Waals surface area contributed by atoms with Gasteiger partial charge in [0.1, 0.15) is 0 Å². The molecule has 0 bridgehead atoms. The molecule has 3 nitrogen and oxygen atoms in total. The van der Waals surface area contributed by atoms with Crippen LogP contribution >= 0.6 is 15.9 Å². The van der Waals surface area contributed by atoms with Crippen LogP contribution in [0.4, 0.5) is 0 Å². The van der Waals surface area contributed by atoms with E-state index in [1.54, 1.807) is 18.2 Å². The lowest BCUT2D eigenvalue weighted by Gasteiger charge is -2.02. The quantitative estimate of drug-likeness (QED) is 0.859. The number of nitrogens with two attached hydrogens (primary N) is 1.